The van der Waals surface area contributed by atoms with Crippen LogP contribution in [-0.4, -0.2) is 29.5 Å². The van der Waals surface area contributed by atoms with Crippen LogP contribution in [0.3, 0.4) is 0 Å². The summed E-state index contributed by atoms with van der Waals surface area (Å²) in [6.45, 7) is 6.69. The van der Waals surface area contributed by atoms with E-state index in [4.69, 9.17) is 0 Å². The number of rotatable bonds is 16. The molecule has 0 unspecified atom stereocenters. The van der Waals surface area contributed by atoms with E-state index in [1.807, 2.05) is 0 Å². The molecule has 0 bridgehead atoms. The van der Waals surface area contributed by atoms with Crippen LogP contribution in [0.4, 0.5) is 0 Å². The Labute approximate surface area is 141 Å². The van der Waals surface area contributed by atoms with Gasteiger partial charge in [-0.25, -0.2) is 0 Å². The molecule has 0 aromatic heterocycles. The normalized spacial score (nSPS) is 14.0. The minimum absolute atomic E-state index is 1.07. The first-order chi connectivity index (χ1) is 10.5. The number of hydrogen-bond acceptors (Lipinski definition) is 1. The Kier molecular flexibility index (Phi) is 13.0. The average molecular weight is 333 g/mol. The molecule has 0 spiro atoms. The summed E-state index contributed by atoms with van der Waals surface area (Å²) in [6, 6.07) is 0. The molecular weight excluding hydrogens is 287 g/mol. The van der Waals surface area contributed by atoms with Crippen LogP contribution in [0.2, 0.25) is 0 Å². The van der Waals surface area contributed by atoms with E-state index >= 15 is 0 Å². The summed E-state index contributed by atoms with van der Waals surface area (Å²) in [4.78, 5) is 11.8. The van der Waals surface area contributed by atoms with Gasteiger partial charge in [-0.1, -0.05) is 0 Å². The van der Waals surface area contributed by atoms with Gasteiger partial charge in [0.15, 0.2) is 0 Å². The Bertz CT molecular complexity index is 218. The van der Waals surface area contributed by atoms with E-state index in [0.29, 0.717) is 0 Å². The molecule has 2 heteroatoms. The molecule has 0 amide bonds. The van der Waals surface area contributed by atoms with E-state index in [9.17, 15) is 4.89 Å². The van der Waals surface area contributed by atoms with Gasteiger partial charge in [-0.15, -0.1) is 0 Å². The van der Waals surface area contributed by atoms with Crippen molar-refractivity contribution < 1.29 is 4.89 Å². The van der Waals surface area contributed by atoms with Crippen LogP contribution in [0.5, 0.6) is 0 Å². The topological polar surface area (TPSA) is 20.2 Å². The first-order valence-corrected chi connectivity index (χ1v) is 13.2. The van der Waals surface area contributed by atoms with Crippen molar-refractivity contribution in [2.24, 2.45) is 0 Å². The fourth-order valence-electron chi connectivity index (χ4n) is 3.64. The first-order valence-electron chi connectivity index (χ1n) is 10.3. The Morgan fingerprint density at radius 3 is 1.05 bits per heavy atom. The molecule has 1 N–H and O–H groups in total. The van der Waals surface area contributed by atoms with Crippen LogP contribution in [0.1, 0.15) is 105 Å². The first kappa shape index (κ1) is 22.4. The Morgan fingerprint density at radius 1 is 0.500 bits per heavy atom. The maximum atomic E-state index is 11.8. The fourth-order valence-corrected chi connectivity index (χ4v) is 8.37. The van der Waals surface area contributed by atoms with Crippen molar-refractivity contribution in [2.75, 3.05) is 24.6 Å². The second kappa shape index (κ2) is 12.8. The Hall–Kier alpha value is 0.390. The Morgan fingerprint density at radius 2 is 0.818 bits per heavy atom. The average Bonchev–Trinajstić information content (AvgIpc) is 2.53. The zero-order valence-corrected chi connectivity index (χ0v) is 17.1. The van der Waals surface area contributed by atoms with E-state index in [0.717, 1.165) is 24.6 Å². The number of unbranched alkanes of at least 4 members (excludes halogenated alkanes) is 9. The molecule has 22 heavy (non-hydrogen) atoms. The molecule has 0 saturated carbocycles. The fraction of sp³-hybridized carbons (Fsp3) is 1.00. The van der Waals surface area contributed by atoms with Crippen LogP contribution in [-0.2, 0) is 0 Å². The molecule has 0 atom stereocenters. The van der Waals surface area contributed by atoms with E-state index in [-0.39, 0.29) is 0 Å². The molecule has 0 saturated heterocycles. The zero-order valence-electron chi connectivity index (χ0n) is 16.2. The summed E-state index contributed by atoms with van der Waals surface area (Å²) >= 11 is 0. The van der Waals surface area contributed by atoms with Gasteiger partial charge in [0.2, 0.25) is 0 Å². The molecule has 0 fully saturated rings. The molecule has 0 radical (unpaired) electrons. The van der Waals surface area contributed by atoms with E-state index in [2.05, 4.69) is 27.7 Å². The molecule has 0 aromatic rings. The van der Waals surface area contributed by atoms with Crippen molar-refractivity contribution >= 4 is 6.83 Å². The maximum absolute atomic E-state index is 11.8. The van der Waals surface area contributed by atoms with Crippen LogP contribution in [0.15, 0.2) is 0 Å². The van der Waals surface area contributed by atoms with Crippen molar-refractivity contribution in [1.82, 2.24) is 0 Å². The van der Waals surface area contributed by atoms with Gasteiger partial charge in [0, 0.05) is 0 Å². The minimum atomic E-state index is -2.40. The standard InChI is InChI=1S/C20H45OP/c1-5-9-12-15-18-22(21,8-4,19-16-13-10-6-2)20-17-14-11-7-3/h21H,5-20H2,1-4H3. The molecule has 0 aromatic carbocycles. The Balaban J connectivity index is 4.56. The zero-order chi connectivity index (χ0) is 16.8. The van der Waals surface area contributed by atoms with Crippen LogP contribution in [0.25, 0.3) is 0 Å². The molecular formula is C20H45OP. The van der Waals surface area contributed by atoms with Gasteiger partial charge < -0.3 is 0 Å². The van der Waals surface area contributed by atoms with Crippen molar-refractivity contribution in [3.05, 3.63) is 0 Å². The molecule has 0 aliphatic rings. The molecule has 136 valence electrons. The van der Waals surface area contributed by atoms with Gasteiger partial charge >= 0.3 is 141 Å². The van der Waals surface area contributed by atoms with Gasteiger partial charge in [-0.05, 0) is 0 Å². The van der Waals surface area contributed by atoms with E-state index in [1.54, 1.807) is 0 Å². The van der Waals surface area contributed by atoms with E-state index in [1.165, 1.54) is 77.0 Å². The van der Waals surface area contributed by atoms with Crippen LogP contribution < -0.4 is 0 Å². The number of hydrogen-bond donors (Lipinski definition) is 1. The summed E-state index contributed by atoms with van der Waals surface area (Å²) in [6.07, 6.45) is 20.1. The van der Waals surface area contributed by atoms with Gasteiger partial charge in [-0.3, -0.25) is 0 Å². The van der Waals surface area contributed by atoms with Gasteiger partial charge in [0.05, 0.1) is 0 Å². The van der Waals surface area contributed by atoms with Crippen molar-refractivity contribution in [3.8, 4) is 0 Å². The molecule has 0 heterocycles. The van der Waals surface area contributed by atoms with Crippen LogP contribution in [0, 0.1) is 0 Å². The predicted octanol–water partition coefficient (Wildman–Crippen LogP) is 7.21. The predicted molar refractivity (Wildman–Crippen MR) is 107 cm³/mol. The summed E-state index contributed by atoms with van der Waals surface area (Å²) in [5.41, 5.74) is 0. The van der Waals surface area contributed by atoms with Crippen LogP contribution >= 0.6 is 6.83 Å². The SMILES string of the molecule is CCCCCCP(O)(CC)(CCCCCC)CCCCCC. The van der Waals surface area contributed by atoms with E-state index < -0.39 is 6.83 Å². The van der Waals surface area contributed by atoms with Gasteiger partial charge in [-0.2, -0.15) is 0 Å². The molecule has 0 rings (SSSR count). The third-order valence-electron chi connectivity index (χ3n) is 5.57. The van der Waals surface area contributed by atoms with Crippen molar-refractivity contribution in [2.45, 2.75) is 105 Å². The second-order valence-corrected chi connectivity index (χ2v) is 13.4. The monoisotopic (exact) mass is 332 g/mol. The summed E-state index contributed by atoms with van der Waals surface area (Å²) < 4.78 is 0. The molecule has 0 aliphatic heterocycles. The quantitative estimate of drug-likeness (QED) is 0.234. The van der Waals surface area contributed by atoms with Crippen molar-refractivity contribution in [3.63, 3.8) is 0 Å². The third-order valence-corrected chi connectivity index (χ3v) is 11.6. The third kappa shape index (κ3) is 9.51. The second-order valence-electron chi connectivity index (χ2n) is 7.58. The van der Waals surface area contributed by atoms with Crippen molar-refractivity contribution in [1.29, 1.82) is 0 Å². The van der Waals surface area contributed by atoms with Gasteiger partial charge in [0.25, 0.3) is 0 Å². The summed E-state index contributed by atoms with van der Waals surface area (Å²) in [5.74, 6) is 0. The summed E-state index contributed by atoms with van der Waals surface area (Å²) in [7, 11) is 0. The summed E-state index contributed by atoms with van der Waals surface area (Å²) in [5, 5.41) is 0. The molecule has 1 nitrogen and oxygen atoms in total. The van der Waals surface area contributed by atoms with Gasteiger partial charge in [0.1, 0.15) is 0 Å². The molecule has 0 aliphatic carbocycles.